The normalized spacial score (nSPS) is 16.9. The van der Waals surface area contributed by atoms with E-state index in [0.29, 0.717) is 48.5 Å². The lowest BCUT2D eigenvalue weighted by Crippen LogP contribution is -2.64. The third kappa shape index (κ3) is 4.06. The van der Waals surface area contributed by atoms with Crippen molar-refractivity contribution in [1.29, 1.82) is 0 Å². The molecule has 36 heavy (non-hydrogen) atoms. The molecule has 2 aliphatic heterocycles. The summed E-state index contributed by atoms with van der Waals surface area (Å²) >= 11 is 1.36. The summed E-state index contributed by atoms with van der Waals surface area (Å²) in [5, 5.41) is 3.19. The van der Waals surface area contributed by atoms with Crippen LogP contribution in [0, 0.1) is 11.6 Å². The zero-order valence-electron chi connectivity index (χ0n) is 19.3. The predicted molar refractivity (Wildman–Crippen MR) is 132 cm³/mol. The first-order chi connectivity index (χ1) is 17.5. The molecule has 4 heterocycles. The van der Waals surface area contributed by atoms with Gasteiger partial charge in [0, 0.05) is 85.8 Å². The number of piperazine rings is 1. The Kier molecular flexibility index (Phi) is 5.77. The number of benzene rings is 2. The van der Waals surface area contributed by atoms with Crippen molar-refractivity contribution in [2.24, 2.45) is 0 Å². The van der Waals surface area contributed by atoms with E-state index < -0.39 is 11.6 Å². The van der Waals surface area contributed by atoms with Crippen molar-refractivity contribution >= 4 is 34.1 Å². The number of carbonyl (C=O) groups is 2. The lowest BCUT2D eigenvalue weighted by Gasteiger charge is -2.48. The molecule has 2 aromatic heterocycles. The van der Waals surface area contributed by atoms with Gasteiger partial charge in [0.05, 0.1) is 5.52 Å². The van der Waals surface area contributed by atoms with Crippen molar-refractivity contribution in [3.63, 3.8) is 0 Å². The van der Waals surface area contributed by atoms with Crippen molar-refractivity contribution in [3.05, 3.63) is 82.4 Å². The Morgan fingerprint density at radius 1 is 0.889 bits per heavy atom. The molecule has 0 saturated carbocycles. The molecule has 4 aromatic rings. The van der Waals surface area contributed by atoms with E-state index in [4.69, 9.17) is 0 Å². The van der Waals surface area contributed by atoms with Crippen LogP contribution in [0.1, 0.15) is 20.2 Å². The third-order valence-corrected chi connectivity index (χ3v) is 7.76. The molecule has 0 aliphatic carbocycles. The molecule has 184 valence electrons. The molecule has 2 aliphatic rings. The fourth-order valence-corrected chi connectivity index (χ4v) is 5.53. The molecule has 0 radical (unpaired) electrons. The minimum Gasteiger partial charge on any atom is -0.335 e. The second kappa shape index (κ2) is 9.11. The number of hydrogen-bond donors (Lipinski definition) is 0. The Labute approximate surface area is 210 Å². The second-order valence-electron chi connectivity index (χ2n) is 9.09. The Balaban J connectivity index is 1.07. The van der Waals surface area contributed by atoms with Gasteiger partial charge < -0.3 is 14.4 Å². The maximum Gasteiger partial charge on any atom is 0.282 e. The third-order valence-electron chi connectivity index (χ3n) is 7.00. The van der Waals surface area contributed by atoms with Gasteiger partial charge in [0.15, 0.2) is 16.6 Å². The quantitative estimate of drug-likeness (QED) is 0.423. The number of nitrogens with zero attached hydrogens (tertiary/aromatic N) is 5. The minimum absolute atomic E-state index is 0.0103. The van der Waals surface area contributed by atoms with Crippen molar-refractivity contribution < 1.29 is 18.4 Å². The van der Waals surface area contributed by atoms with E-state index in [2.05, 4.69) is 9.88 Å². The van der Waals surface area contributed by atoms with Crippen LogP contribution >= 0.6 is 11.3 Å². The van der Waals surface area contributed by atoms with Gasteiger partial charge in [-0.2, -0.15) is 0 Å². The van der Waals surface area contributed by atoms with Gasteiger partial charge in [-0.25, -0.2) is 13.8 Å². The standard InChI is InChI=1S/C26H23F2N5O2S/c27-21-3-2-19(14-22(21)28)33-7-5-17-13-18(1-4-23(17)33)25(34)32-15-20(16-32)30-8-10-31(11-9-30)26(35)24-29-6-12-36-24/h1-7,12-14,20H,8-11,15-16H2. The van der Waals surface area contributed by atoms with Gasteiger partial charge in [-0.3, -0.25) is 14.5 Å². The lowest BCUT2D eigenvalue weighted by molar-refractivity contribution is 0.00854. The number of aromatic nitrogens is 2. The number of thiazole rings is 1. The zero-order valence-corrected chi connectivity index (χ0v) is 20.1. The molecule has 0 unspecified atom stereocenters. The Bertz CT molecular complexity index is 1440. The molecule has 2 fully saturated rings. The summed E-state index contributed by atoms with van der Waals surface area (Å²) in [6, 6.07) is 11.4. The van der Waals surface area contributed by atoms with Gasteiger partial charge in [-0.15, -0.1) is 11.3 Å². The molecule has 2 saturated heterocycles. The molecule has 10 heteroatoms. The summed E-state index contributed by atoms with van der Waals surface area (Å²) in [7, 11) is 0. The number of carbonyl (C=O) groups excluding carboxylic acids is 2. The van der Waals surface area contributed by atoms with Gasteiger partial charge >= 0.3 is 0 Å². The van der Waals surface area contributed by atoms with Crippen LogP contribution in [-0.4, -0.2) is 81.4 Å². The minimum atomic E-state index is -0.902. The van der Waals surface area contributed by atoms with E-state index in [1.54, 1.807) is 23.0 Å². The van der Waals surface area contributed by atoms with Crippen molar-refractivity contribution in [3.8, 4) is 5.69 Å². The van der Waals surface area contributed by atoms with Crippen LogP contribution in [0.5, 0.6) is 0 Å². The summed E-state index contributed by atoms with van der Waals surface area (Å²) in [5.74, 6) is -1.82. The van der Waals surface area contributed by atoms with Gasteiger partial charge in [-0.05, 0) is 36.4 Å². The summed E-state index contributed by atoms with van der Waals surface area (Å²) in [5.41, 5.74) is 1.93. The molecule has 0 bridgehead atoms. The molecular formula is C26H23F2N5O2S. The van der Waals surface area contributed by atoms with Gasteiger partial charge in [0.2, 0.25) is 0 Å². The number of halogens is 2. The van der Waals surface area contributed by atoms with E-state index in [1.807, 2.05) is 33.4 Å². The molecule has 6 rings (SSSR count). The summed E-state index contributed by atoms with van der Waals surface area (Å²) < 4.78 is 28.8. The smallest absolute Gasteiger partial charge is 0.282 e. The molecule has 2 amide bonds. The summed E-state index contributed by atoms with van der Waals surface area (Å²) in [4.78, 5) is 35.7. The van der Waals surface area contributed by atoms with Gasteiger partial charge in [0.1, 0.15) is 0 Å². The van der Waals surface area contributed by atoms with Crippen LogP contribution in [0.3, 0.4) is 0 Å². The first-order valence-corrected chi connectivity index (χ1v) is 12.6. The molecule has 7 nitrogen and oxygen atoms in total. The van der Waals surface area contributed by atoms with E-state index >= 15 is 0 Å². The number of likely N-dealkylation sites (tertiary alicyclic amines) is 1. The highest BCUT2D eigenvalue weighted by molar-refractivity contribution is 7.11. The summed E-state index contributed by atoms with van der Waals surface area (Å²) in [6.45, 7) is 4.21. The number of fused-ring (bicyclic) bond motifs is 1. The van der Waals surface area contributed by atoms with Crippen LogP contribution in [0.15, 0.2) is 60.2 Å². The van der Waals surface area contributed by atoms with E-state index in [0.717, 1.165) is 36.1 Å². The largest absolute Gasteiger partial charge is 0.335 e. The fraction of sp³-hybridized carbons (Fsp3) is 0.269. The van der Waals surface area contributed by atoms with E-state index in [9.17, 15) is 18.4 Å². The molecule has 2 aromatic carbocycles. The van der Waals surface area contributed by atoms with Crippen molar-refractivity contribution in [1.82, 2.24) is 24.3 Å². The highest BCUT2D eigenvalue weighted by Crippen LogP contribution is 2.25. The maximum absolute atomic E-state index is 13.7. The van der Waals surface area contributed by atoms with E-state index in [1.165, 1.54) is 17.4 Å². The lowest BCUT2D eigenvalue weighted by atomic mass is 10.0. The van der Waals surface area contributed by atoms with E-state index in [-0.39, 0.29) is 11.8 Å². The number of rotatable bonds is 4. The highest BCUT2D eigenvalue weighted by Gasteiger charge is 2.37. The van der Waals surface area contributed by atoms with Crippen LogP contribution in [0.4, 0.5) is 8.78 Å². The molecular weight excluding hydrogens is 484 g/mol. The van der Waals surface area contributed by atoms with Crippen LogP contribution in [0.25, 0.3) is 16.6 Å². The van der Waals surface area contributed by atoms with Crippen LogP contribution < -0.4 is 0 Å². The van der Waals surface area contributed by atoms with Gasteiger partial charge in [-0.1, -0.05) is 0 Å². The average molecular weight is 508 g/mol. The molecule has 0 spiro atoms. The van der Waals surface area contributed by atoms with Crippen molar-refractivity contribution in [2.75, 3.05) is 39.3 Å². The fourth-order valence-electron chi connectivity index (χ4n) is 4.92. The predicted octanol–water partition coefficient (Wildman–Crippen LogP) is 3.65. The SMILES string of the molecule is O=C(c1ccc2c(ccn2-c2ccc(F)c(F)c2)c1)N1CC(N2CCN(C(=O)c3nccs3)CC2)C1. The van der Waals surface area contributed by atoms with Crippen LogP contribution in [0.2, 0.25) is 0 Å². The Morgan fingerprint density at radius 2 is 1.69 bits per heavy atom. The summed E-state index contributed by atoms with van der Waals surface area (Å²) in [6.07, 6.45) is 3.43. The molecule has 0 atom stereocenters. The van der Waals surface area contributed by atoms with Crippen LogP contribution in [-0.2, 0) is 0 Å². The molecule has 0 N–H and O–H groups in total. The Morgan fingerprint density at radius 3 is 2.42 bits per heavy atom. The average Bonchev–Trinajstić information content (AvgIpc) is 3.55. The maximum atomic E-state index is 13.7. The Hall–Kier alpha value is -3.63. The first-order valence-electron chi connectivity index (χ1n) is 11.8. The monoisotopic (exact) mass is 507 g/mol. The zero-order chi connectivity index (χ0) is 24.8. The second-order valence-corrected chi connectivity index (χ2v) is 9.98. The van der Waals surface area contributed by atoms with Crippen molar-refractivity contribution in [2.45, 2.75) is 6.04 Å². The van der Waals surface area contributed by atoms with Gasteiger partial charge in [0.25, 0.3) is 11.8 Å². The topological polar surface area (TPSA) is 61.7 Å². The first kappa shape index (κ1) is 22.8. The highest BCUT2D eigenvalue weighted by atomic mass is 32.1. The number of hydrogen-bond acceptors (Lipinski definition) is 5. The number of amides is 2.